The molecule has 0 spiro atoms. The fraction of sp³-hybridized carbons (Fsp3) is 0.943. The Balaban J connectivity index is 0. The molecule has 2 saturated carbocycles. The third-order valence-electron chi connectivity index (χ3n) is 11.2. The highest BCUT2D eigenvalue weighted by molar-refractivity contribution is 6.21. The summed E-state index contributed by atoms with van der Waals surface area (Å²) in [5.74, 6) is 6.04. The van der Waals surface area contributed by atoms with E-state index >= 15 is 0 Å². The molecule has 0 radical (unpaired) electrons. The summed E-state index contributed by atoms with van der Waals surface area (Å²) in [6.07, 6.45) is 20.3. The van der Waals surface area contributed by atoms with Crippen LogP contribution in [0, 0.1) is 46.8 Å². The highest BCUT2D eigenvalue weighted by atomic mass is 35.5. The molecule has 4 unspecified atom stereocenters. The van der Waals surface area contributed by atoms with Gasteiger partial charge in [-0.1, -0.05) is 60.1 Å². The van der Waals surface area contributed by atoms with Crippen molar-refractivity contribution < 1.29 is 21.9 Å². The summed E-state index contributed by atoms with van der Waals surface area (Å²) in [4.78, 5) is 5.19. The third kappa shape index (κ3) is 13.2. The first-order valence-electron chi connectivity index (χ1n) is 16.5. The van der Waals surface area contributed by atoms with Crippen LogP contribution in [-0.4, -0.2) is 89.9 Å². The van der Waals surface area contributed by atoms with Crippen molar-refractivity contribution in [1.29, 1.82) is 0 Å². The van der Waals surface area contributed by atoms with E-state index in [0.29, 0.717) is 17.4 Å². The molecule has 0 bridgehead atoms. The van der Waals surface area contributed by atoms with E-state index in [4.69, 9.17) is 11.6 Å². The fourth-order valence-electron chi connectivity index (χ4n) is 8.99. The second-order valence-electron chi connectivity index (χ2n) is 15.4. The Morgan fingerprint density at radius 1 is 0.860 bits per heavy atom. The minimum absolute atomic E-state index is 0. The maximum absolute atomic E-state index is 6.35. The number of rotatable bonds is 10. The van der Waals surface area contributed by atoms with Crippen LogP contribution < -0.4 is 5.32 Å². The maximum Gasteiger partial charge on any atom is 0.0516 e. The van der Waals surface area contributed by atoms with Crippen molar-refractivity contribution >= 4 is 11.6 Å². The SMILES string of the molecule is C.CC(C)[C@H](CN1CC[C@H](C2C=CC(Cl)CC2)C(C)(C)C1)NCC1CCCC(C2CCC(CN(C)C)CC2)C1.O.O.O.O. The van der Waals surface area contributed by atoms with Crippen molar-refractivity contribution in [2.75, 3.05) is 46.8 Å². The Kier molecular flexibility index (Phi) is 21.7. The van der Waals surface area contributed by atoms with E-state index < -0.39 is 0 Å². The molecule has 0 aromatic rings. The number of nitrogens with zero attached hydrogens (tertiary/aromatic N) is 2. The quantitative estimate of drug-likeness (QED) is 0.265. The molecule has 260 valence electrons. The minimum atomic E-state index is 0. The second kappa shape index (κ2) is 20.8. The Bertz CT molecular complexity index is 745. The van der Waals surface area contributed by atoms with Gasteiger partial charge in [0.15, 0.2) is 0 Å². The largest absolute Gasteiger partial charge is 0.412 e. The molecular weight excluding hydrogens is 562 g/mol. The summed E-state index contributed by atoms with van der Waals surface area (Å²) < 4.78 is 0. The zero-order valence-corrected chi connectivity index (χ0v) is 28.7. The van der Waals surface area contributed by atoms with Crippen molar-refractivity contribution in [3.05, 3.63) is 12.2 Å². The lowest BCUT2D eigenvalue weighted by Gasteiger charge is -2.48. The number of piperidine rings is 1. The van der Waals surface area contributed by atoms with Gasteiger partial charge in [-0.3, -0.25) is 0 Å². The lowest BCUT2D eigenvalue weighted by Crippen LogP contribution is -2.53. The molecular formula is C35H74ClN3O4. The maximum atomic E-state index is 6.35. The van der Waals surface area contributed by atoms with Gasteiger partial charge in [0.05, 0.1) is 5.38 Å². The summed E-state index contributed by atoms with van der Waals surface area (Å²) in [5, 5.41) is 4.38. The second-order valence-corrected chi connectivity index (χ2v) is 15.9. The third-order valence-corrected chi connectivity index (χ3v) is 11.5. The van der Waals surface area contributed by atoms with E-state index in [-0.39, 0.29) is 34.7 Å². The van der Waals surface area contributed by atoms with Gasteiger partial charge in [-0.15, -0.1) is 11.6 Å². The topological polar surface area (TPSA) is 145 Å². The van der Waals surface area contributed by atoms with Gasteiger partial charge >= 0.3 is 0 Å². The van der Waals surface area contributed by atoms with Crippen LogP contribution in [0.5, 0.6) is 0 Å². The fourth-order valence-corrected chi connectivity index (χ4v) is 9.20. The number of nitrogens with one attached hydrogen (secondary N) is 1. The summed E-state index contributed by atoms with van der Waals surface area (Å²) in [7, 11) is 4.48. The summed E-state index contributed by atoms with van der Waals surface area (Å²) in [6.45, 7) is 16.2. The molecule has 0 amide bonds. The highest BCUT2D eigenvalue weighted by Crippen LogP contribution is 2.44. The normalized spacial score (nSPS) is 33.2. The van der Waals surface area contributed by atoms with Crippen LogP contribution >= 0.6 is 11.6 Å². The highest BCUT2D eigenvalue weighted by Gasteiger charge is 2.40. The molecule has 3 fully saturated rings. The number of halogens is 1. The van der Waals surface area contributed by atoms with E-state index in [1.165, 1.54) is 96.9 Å². The van der Waals surface area contributed by atoms with Gasteiger partial charge in [0.2, 0.25) is 0 Å². The van der Waals surface area contributed by atoms with Gasteiger partial charge in [-0.05, 0) is 132 Å². The van der Waals surface area contributed by atoms with Gasteiger partial charge in [-0.25, -0.2) is 0 Å². The van der Waals surface area contributed by atoms with E-state index in [0.717, 1.165) is 41.9 Å². The number of likely N-dealkylation sites (tertiary alicyclic amines) is 1. The molecule has 8 heteroatoms. The van der Waals surface area contributed by atoms with E-state index in [1.807, 2.05) is 0 Å². The first kappa shape index (κ1) is 44.9. The molecule has 3 aliphatic carbocycles. The van der Waals surface area contributed by atoms with Gasteiger partial charge in [0.25, 0.3) is 0 Å². The van der Waals surface area contributed by atoms with Crippen molar-refractivity contribution in [2.24, 2.45) is 46.8 Å². The Morgan fingerprint density at radius 2 is 1.53 bits per heavy atom. The zero-order valence-electron chi connectivity index (χ0n) is 27.9. The van der Waals surface area contributed by atoms with Crippen molar-refractivity contribution in [2.45, 2.75) is 117 Å². The van der Waals surface area contributed by atoms with Gasteiger partial charge in [-0.2, -0.15) is 0 Å². The lowest BCUT2D eigenvalue weighted by atomic mass is 9.65. The number of hydrogen-bond acceptors (Lipinski definition) is 3. The summed E-state index contributed by atoms with van der Waals surface area (Å²) in [6, 6.07) is 0.607. The Morgan fingerprint density at radius 3 is 2.09 bits per heavy atom. The average Bonchev–Trinajstić information content (AvgIpc) is 2.87. The van der Waals surface area contributed by atoms with Crippen LogP contribution in [0.15, 0.2) is 12.2 Å². The predicted octanol–water partition coefficient (Wildman–Crippen LogP) is 5.03. The van der Waals surface area contributed by atoms with Crippen LogP contribution in [0.25, 0.3) is 0 Å². The monoisotopic (exact) mass is 636 g/mol. The van der Waals surface area contributed by atoms with Gasteiger partial charge in [0.1, 0.15) is 0 Å². The minimum Gasteiger partial charge on any atom is -0.412 e. The molecule has 0 aromatic heterocycles. The summed E-state index contributed by atoms with van der Waals surface area (Å²) >= 11 is 6.35. The van der Waals surface area contributed by atoms with Crippen LogP contribution in [0.1, 0.15) is 106 Å². The lowest BCUT2D eigenvalue weighted by molar-refractivity contribution is 0.0214. The predicted molar refractivity (Wildman–Crippen MR) is 187 cm³/mol. The number of alkyl halides is 1. The average molecular weight is 636 g/mol. The van der Waals surface area contributed by atoms with Crippen LogP contribution in [0.2, 0.25) is 0 Å². The molecule has 9 N–H and O–H groups in total. The van der Waals surface area contributed by atoms with Crippen LogP contribution in [-0.2, 0) is 0 Å². The Labute approximate surface area is 271 Å². The summed E-state index contributed by atoms with van der Waals surface area (Å²) in [5.41, 5.74) is 0.371. The van der Waals surface area contributed by atoms with E-state index in [9.17, 15) is 0 Å². The molecule has 6 atom stereocenters. The number of hydrogen-bond donors (Lipinski definition) is 1. The molecule has 1 heterocycles. The van der Waals surface area contributed by atoms with Crippen LogP contribution in [0.3, 0.4) is 0 Å². The van der Waals surface area contributed by atoms with E-state index in [1.54, 1.807) is 0 Å². The first-order valence-corrected chi connectivity index (χ1v) is 17.0. The smallest absolute Gasteiger partial charge is 0.0516 e. The standard InChI is InChI=1S/C34H62ClN3.CH4.4H2O/c1-25(2)33(23-38-19-18-32(34(3,4)24-38)29-14-16-31(35)17-15-29)36-21-27-8-7-9-30(20-27)28-12-10-26(11-13-28)22-37(5)6;;;;;/h14,16,25-33,36H,7-13,15,17-24H2,1-6H3;1H4;4*1H2/t26?,27?,28?,29?,30?,31?,32-,33+;;;;;/m1...../s1. The van der Waals surface area contributed by atoms with Crippen LogP contribution in [0.4, 0.5) is 0 Å². The number of allylic oxidation sites excluding steroid dienone is 2. The van der Waals surface area contributed by atoms with Gasteiger partial charge in [0, 0.05) is 25.7 Å². The molecule has 4 rings (SSSR count). The van der Waals surface area contributed by atoms with E-state index in [2.05, 4.69) is 69.1 Å². The molecule has 0 aromatic carbocycles. The molecule has 43 heavy (non-hydrogen) atoms. The van der Waals surface area contributed by atoms with Gasteiger partial charge < -0.3 is 37.0 Å². The molecule has 4 aliphatic rings. The van der Waals surface area contributed by atoms with Crippen molar-refractivity contribution in [1.82, 2.24) is 15.1 Å². The van der Waals surface area contributed by atoms with Crippen molar-refractivity contribution in [3.63, 3.8) is 0 Å². The first-order chi connectivity index (χ1) is 18.1. The molecule has 7 nitrogen and oxygen atoms in total. The molecule has 1 saturated heterocycles. The molecule has 1 aliphatic heterocycles. The Hall–Kier alpha value is -0.250. The zero-order chi connectivity index (χ0) is 27.3. The van der Waals surface area contributed by atoms with Crippen molar-refractivity contribution in [3.8, 4) is 0 Å².